The lowest BCUT2D eigenvalue weighted by atomic mass is 10.2. The van der Waals surface area contributed by atoms with E-state index in [1.807, 2.05) is 0 Å². The molecule has 0 saturated carbocycles. The van der Waals surface area contributed by atoms with E-state index in [0.717, 1.165) is 10.6 Å². The SMILES string of the molecule is CCOC(=O)c1ccc(NC(=O)[C@@H](C)N(c2ccc3c(c2)OCCO3)S(C)(=O)=O)c(Cl)c1. The highest BCUT2D eigenvalue weighted by Crippen LogP contribution is 2.35. The quantitative estimate of drug-likeness (QED) is 0.603. The zero-order chi connectivity index (χ0) is 23.5. The van der Waals surface area contributed by atoms with Gasteiger partial charge in [0, 0.05) is 6.07 Å². The van der Waals surface area contributed by atoms with E-state index < -0.39 is 27.9 Å². The van der Waals surface area contributed by atoms with Crippen LogP contribution in [0.5, 0.6) is 11.5 Å². The van der Waals surface area contributed by atoms with Crippen molar-refractivity contribution in [2.24, 2.45) is 0 Å². The van der Waals surface area contributed by atoms with Gasteiger partial charge in [-0.05, 0) is 44.2 Å². The van der Waals surface area contributed by atoms with Gasteiger partial charge in [-0.3, -0.25) is 9.10 Å². The topological polar surface area (TPSA) is 111 Å². The Morgan fingerprint density at radius 2 is 1.84 bits per heavy atom. The van der Waals surface area contributed by atoms with E-state index in [-0.39, 0.29) is 28.6 Å². The minimum atomic E-state index is -3.83. The third kappa shape index (κ3) is 5.25. The van der Waals surface area contributed by atoms with Crippen LogP contribution in [0, 0.1) is 0 Å². The number of amides is 1. The molecular weight excluding hydrogens is 460 g/mol. The lowest BCUT2D eigenvalue weighted by Gasteiger charge is -2.29. The molecule has 2 aromatic rings. The van der Waals surface area contributed by atoms with Crippen molar-refractivity contribution in [1.82, 2.24) is 0 Å². The standard InChI is InChI=1S/C21H23ClN2O7S/c1-4-29-21(26)14-5-7-17(16(22)11-14)23-20(25)13(2)24(32(3,27)28)15-6-8-18-19(12-15)31-10-9-30-18/h5-8,11-13H,4,9-10H2,1-3H3,(H,23,25)/t13-/m1/s1. The van der Waals surface area contributed by atoms with E-state index in [0.29, 0.717) is 24.7 Å². The number of rotatable bonds is 7. The summed E-state index contributed by atoms with van der Waals surface area (Å²) < 4.78 is 42.0. The van der Waals surface area contributed by atoms with Crippen LogP contribution in [-0.4, -0.2) is 52.4 Å². The number of hydrogen-bond acceptors (Lipinski definition) is 7. The van der Waals surface area contributed by atoms with Crippen molar-refractivity contribution in [3.63, 3.8) is 0 Å². The van der Waals surface area contributed by atoms with Crippen LogP contribution in [-0.2, 0) is 19.6 Å². The van der Waals surface area contributed by atoms with E-state index in [9.17, 15) is 18.0 Å². The maximum absolute atomic E-state index is 12.9. The van der Waals surface area contributed by atoms with E-state index in [2.05, 4.69) is 5.32 Å². The Bertz CT molecular complexity index is 1140. The van der Waals surface area contributed by atoms with Crippen molar-refractivity contribution in [3.05, 3.63) is 47.0 Å². The number of ether oxygens (including phenoxy) is 3. The smallest absolute Gasteiger partial charge is 0.338 e. The van der Waals surface area contributed by atoms with E-state index >= 15 is 0 Å². The molecule has 0 unspecified atom stereocenters. The predicted molar refractivity (Wildman–Crippen MR) is 120 cm³/mol. The van der Waals surface area contributed by atoms with Crippen LogP contribution in [0.2, 0.25) is 5.02 Å². The van der Waals surface area contributed by atoms with Gasteiger partial charge in [0.05, 0.1) is 34.8 Å². The molecule has 32 heavy (non-hydrogen) atoms. The number of sulfonamides is 1. The summed E-state index contributed by atoms with van der Waals surface area (Å²) in [6, 6.07) is 7.81. The fraction of sp³-hybridized carbons (Fsp3) is 0.333. The summed E-state index contributed by atoms with van der Waals surface area (Å²) in [5.74, 6) is -0.259. The van der Waals surface area contributed by atoms with Crippen LogP contribution in [0.25, 0.3) is 0 Å². The molecule has 11 heteroatoms. The van der Waals surface area contributed by atoms with Crippen LogP contribution in [0.4, 0.5) is 11.4 Å². The summed E-state index contributed by atoms with van der Waals surface area (Å²) in [5, 5.41) is 2.72. The van der Waals surface area contributed by atoms with Gasteiger partial charge in [-0.2, -0.15) is 0 Å². The monoisotopic (exact) mass is 482 g/mol. The fourth-order valence-corrected chi connectivity index (χ4v) is 4.57. The highest BCUT2D eigenvalue weighted by Gasteiger charge is 2.30. The predicted octanol–water partition coefficient (Wildman–Crippen LogP) is 3.08. The molecule has 2 aromatic carbocycles. The number of nitrogens with one attached hydrogen (secondary N) is 1. The lowest BCUT2D eigenvalue weighted by Crippen LogP contribution is -2.45. The van der Waals surface area contributed by atoms with Crippen molar-refractivity contribution in [3.8, 4) is 11.5 Å². The minimum Gasteiger partial charge on any atom is -0.486 e. The minimum absolute atomic E-state index is 0.112. The second-order valence-electron chi connectivity index (χ2n) is 6.97. The van der Waals surface area contributed by atoms with Crippen LogP contribution >= 0.6 is 11.6 Å². The van der Waals surface area contributed by atoms with Crippen LogP contribution < -0.4 is 19.1 Å². The zero-order valence-electron chi connectivity index (χ0n) is 17.8. The van der Waals surface area contributed by atoms with Gasteiger partial charge in [-0.1, -0.05) is 11.6 Å². The molecular formula is C21H23ClN2O7S. The molecule has 1 aliphatic heterocycles. The van der Waals surface area contributed by atoms with Gasteiger partial charge in [-0.15, -0.1) is 0 Å². The average Bonchev–Trinajstić information content (AvgIpc) is 2.74. The first-order chi connectivity index (χ1) is 15.1. The van der Waals surface area contributed by atoms with Gasteiger partial charge < -0.3 is 19.5 Å². The van der Waals surface area contributed by atoms with Gasteiger partial charge >= 0.3 is 5.97 Å². The van der Waals surface area contributed by atoms with Gasteiger partial charge in [0.15, 0.2) is 11.5 Å². The molecule has 1 aliphatic rings. The zero-order valence-corrected chi connectivity index (χ0v) is 19.3. The molecule has 1 heterocycles. The first-order valence-electron chi connectivity index (χ1n) is 9.78. The maximum Gasteiger partial charge on any atom is 0.338 e. The second-order valence-corrected chi connectivity index (χ2v) is 9.23. The molecule has 0 fully saturated rings. The molecule has 1 N–H and O–H groups in total. The largest absolute Gasteiger partial charge is 0.486 e. The van der Waals surface area contributed by atoms with E-state index in [4.69, 9.17) is 25.8 Å². The molecule has 1 atom stereocenters. The Hall–Kier alpha value is -2.98. The average molecular weight is 483 g/mol. The van der Waals surface area contributed by atoms with Crippen molar-refractivity contribution in [1.29, 1.82) is 0 Å². The Morgan fingerprint density at radius 3 is 2.47 bits per heavy atom. The van der Waals surface area contributed by atoms with E-state index in [1.54, 1.807) is 19.1 Å². The normalized spacial score (nSPS) is 13.8. The Morgan fingerprint density at radius 1 is 1.16 bits per heavy atom. The third-order valence-electron chi connectivity index (χ3n) is 4.61. The van der Waals surface area contributed by atoms with Gasteiger partial charge in [0.1, 0.15) is 19.3 Å². The molecule has 0 aliphatic carbocycles. The number of anilines is 2. The molecule has 3 rings (SSSR count). The van der Waals surface area contributed by atoms with E-state index in [1.165, 1.54) is 31.2 Å². The summed E-state index contributed by atoms with van der Waals surface area (Å²) in [4.78, 5) is 24.7. The van der Waals surface area contributed by atoms with Crippen LogP contribution in [0.3, 0.4) is 0 Å². The number of esters is 1. The van der Waals surface area contributed by atoms with Crippen molar-refractivity contribution in [2.75, 3.05) is 35.7 Å². The van der Waals surface area contributed by atoms with Crippen molar-refractivity contribution < 1.29 is 32.2 Å². The summed E-state index contributed by atoms with van der Waals surface area (Å²) in [5.41, 5.74) is 0.715. The molecule has 172 valence electrons. The number of hydrogen-bond donors (Lipinski definition) is 1. The highest BCUT2D eigenvalue weighted by molar-refractivity contribution is 7.92. The number of carbonyl (C=O) groups is 2. The van der Waals surface area contributed by atoms with Gasteiger partial charge in [-0.25, -0.2) is 13.2 Å². The molecule has 9 nitrogen and oxygen atoms in total. The second kappa shape index (κ2) is 9.66. The fourth-order valence-electron chi connectivity index (χ4n) is 3.17. The molecule has 0 spiro atoms. The molecule has 0 radical (unpaired) electrons. The number of nitrogens with zero attached hydrogens (tertiary/aromatic N) is 1. The molecule has 0 aromatic heterocycles. The number of halogens is 1. The molecule has 1 amide bonds. The molecule has 0 saturated heterocycles. The summed E-state index contributed by atoms with van der Waals surface area (Å²) >= 11 is 6.20. The first kappa shape index (κ1) is 23.7. The van der Waals surface area contributed by atoms with Crippen LogP contribution in [0.15, 0.2) is 36.4 Å². The number of carbonyl (C=O) groups excluding carboxylic acids is 2. The summed E-state index contributed by atoms with van der Waals surface area (Å²) in [6.45, 7) is 4.09. The Balaban J connectivity index is 1.84. The van der Waals surface area contributed by atoms with Gasteiger partial charge in [0.2, 0.25) is 15.9 Å². The van der Waals surface area contributed by atoms with Crippen LogP contribution in [0.1, 0.15) is 24.2 Å². The highest BCUT2D eigenvalue weighted by atomic mass is 35.5. The van der Waals surface area contributed by atoms with Crippen molar-refractivity contribution >= 4 is 44.9 Å². The summed E-state index contributed by atoms with van der Waals surface area (Å²) in [6.07, 6.45) is 1.01. The lowest BCUT2D eigenvalue weighted by molar-refractivity contribution is -0.116. The Kier molecular flexibility index (Phi) is 7.15. The first-order valence-corrected chi connectivity index (χ1v) is 12.0. The van der Waals surface area contributed by atoms with Crippen molar-refractivity contribution in [2.45, 2.75) is 19.9 Å². The number of benzene rings is 2. The summed E-state index contributed by atoms with van der Waals surface area (Å²) in [7, 11) is -3.83. The maximum atomic E-state index is 12.9. The molecule has 0 bridgehead atoms. The Labute approximate surface area is 191 Å². The third-order valence-corrected chi connectivity index (χ3v) is 6.16. The number of fused-ring (bicyclic) bond motifs is 1. The van der Waals surface area contributed by atoms with Gasteiger partial charge in [0.25, 0.3) is 0 Å².